The summed E-state index contributed by atoms with van der Waals surface area (Å²) < 4.78 is 28.2. The van der Waals surface area contributed by atoms with Crippen molar-refractivity contribution >= 4 is 15.9 Å². The average Bonchev–Trinajstić information content (AvgIpc) is 2.42. The molecule has 0 radical (unpaired) electrons. The number of hydrogen-bond acceptors (Lipinski definition) is 1. The van der Waals surface area contributed by atoms with Gasteiger partial charge in [-0.15, -0.1) is 0 Å². The van der Waals surface area contributed by atoms with Gasteiger partial charge in [-0.1, -0.05) is 23.8 Å². The molecule has 1 N–H and O–H groups in total. The number of benzene rings is 2. The third-order valence-electron chi connectivity index (χ3n) is 3.63. The van der Waals surface area contributed by atoms with E-state index >= 15 is 0 Å². The second-order valence-electron chi connectivity index (χ2n) is 5.59. The van der Waals surface area contributed by atoms with Crippen LogP contribution in [0.4, 0.5) is 8.78 Å². The summed E-state index contributed by atoms with van der Waals surface area (Å²) in [7, 11) is 0. The maximum Gasteiger partial charge on any atom is 0.143 e. The lowest BCUT2D eigenvalue weighted by Crippen LogP contribution is -2.26. The van der Waals surface area contributed by atoms with Crippen LogP contribution >= 0.6 is 15.9 Å². The Morgan fingerprint density at radius 2 is 1.81 bits per heavy atom. The van der Waals surface area contributed by atoms with Crippen LogP contribution in [0.2, 0.25) is 0 Å². The van der Waals surface area contributed by atoms with Crippen molar-refractivity contribution < 1.29 is 13.9 Å². The molecule has 0 saturated carbocycles. The zero-order chi connectivity index (χ0) is 15.8. The van der Waals surface area contributed by atoms with E-state index in [0.717, 1.165) is 11.1 Å². The summed E-state index contributed by atoms with van der Waals surface area (Å²) in [5.41, 5.74) is 1.10. The molecule has 1 atom stereocenters. The molecular formula is C17H17BrF2O. The quantitative estimate of drug-likeness (QED) is 0.785. The Kier molecular flexibility index (Phi) is 4.49. The molecule has 0 aliphatic rings. The van der Waals surface area contributed by atoms with Gasteiger partial charge in [0.05, 0.1) is 10.1 Å². The van der Waals surface area contributed by atoms with E-state index in [1.54, 1.807) is 6.92 Å². The van der Waals surface area contributed by atoms with E-state index in [1.807, 2.05) is 32.0 Å². The SMILES string of the molecule is Cc1ccc(C)c(C(C)(O)Cc2c(F)ccc(Br)c2F)c1. The molecule has 2 aromatic carbocycles. The van der Waals surface area contributed by atoms with Crippen molar-refractivity contribution in [2.75, 3.05) is 0 Å². The summed E-state index contributed by atoms with van der Waals surface area (Å²) in [6.07, 6.45) is -0.131. The van der Waals surface area contributed by atoms with Gasteiger partial charge in [0.1, 0.15) is 11.6 Å². The van der Waals surface area contributed by atoms with Gasteiger partial charge < -0.3 is 5.11 Å². The zero-order valence-electron chi connectivity index (χ0n) is 12.2. The van der Waals surface area contributed by atoms with Crippen LogP contribution in [0.5, 0.6) is 0 Å². The maximum atomic E-state index is 14.1. The van der Waals surface area contributed by atoms with Gasteiger partial charge in [0, 0.05) is 12.0 Å². The fraction of sp³-hybridized carbons (Fsp3) is 0.294. The highest BCUT2D eigenvalue weighted by molar-refractivity contribution is 9.10. The van der Waals surface area contributed by atoms with E-state index < -0.39 is 17.2 Å². The molecule has 4 heteroatoms. The summed E-state index contributed by atoms with van der Waals surface area (Å²) in [4.78, 5) is 0. The molecule has 2 aromatic rings. The molecule has 21 heavy (non-hydrogen) atoms. The fourth-order valence-electron chi connectivity index (χ4n) is 2.49. The molecule has 0 saturated heterocycles. The molecule has 0 amide bonds. The largest absolute Gasteiger partial charge is 0.385 e. The second-order valence-corrected chi connectivity index (χ2v) is 6.45. The summed E-state index contributed by atoms with van der Waals surface area (Å²) in [5, 5.41) is 10.7. The molecular weight excluding hydrogens is 338 g/mol. The molecule has 2 rings (SSSR count). The first-order valence-corrected chi connectivity index (χ1v) is 7.44. The van der Waals surface area contributed by atoms with Crippen molar-refractivity contribution in [3.63, 3.8) is 0 Å². The van der Waals surface area contributed by atoms with E-state index in [1.165, 1.54) is 12.1 Å². The molecule has 0 aromatic heterocycles. The topological polar surface area (TPSA) is 20.2 Å². The van der Waals surface area contributed by atoms with Gasteiger partial charge >= 0.3 is 0 Å². The van der Waals surface area contributed by atoms with Crippen LogP contribution in [0.15, 0.2) is 34.8 Å². The number of halogens is 3. The van der Waals surface area contributed by atoms with Crippen LogP contribution in [0.3, 0.4) is 0 Å². The molecule has 0 fully saturated rings. The monoisotopic (exact) mass is 354 g/mol. The molecule has 0 bridgehead atoms. The summed E-state index contributed by atoms with van der Waals surface area (Å²) in [5.74, 6) is -1.32. The molecule has 0 heterocycles. The molecule has 0 aliphatic carbocycles. The van der Waals surface area contributed by atoms with E-state index in [4.69, 9.17) is 0 Å². The highest BCUT2D eigenvalue weighted by Crippen LogP contribution is 2.32. The standard InChI is InChI=1S/C17H17BrF2O/c1-10-4-5-11(2)13(8-10)17(3,21)9-12-15(19)7-6-14(18)16(12)20/h4-8,21H,9H2,1-3H3. The molecule has 0 spiro atoms. The van der Waals surface area contributed by atoms with E-state index in [0.29, 0.717) is 5.56 Å². The van der Waals surface area contributed by atoms with Crippen LogP contribution in [0.1, 0.15) is 29.2 Å². The minimum Gasteiger partial charge on any atom is -0.385 e. The predicted octanol–water partition coefficient (Wildman–Crippen LogP) is 4.79. The third kappa shape index (κ3) is 3.33. The van der Waals surface area contributed by atoms with Crippen molar-refractivity contribution in [3.05, 3.63) is 68.7 Å². The van der Waals surface area contributed by atoms with Crippen molar-refractivity contribution in [1.29, 1.82) is 0 Å². The number of aliphatic hydroxyl groups is 1. The number of hydrogen-bond donors (Lipinski definition) is 1. The van der Waals surface area contributed by atoms with Crippen molar-refractivity contribution in [3.8, 4) is 0 Å². The molecule has 0 aliphatic heterocycles. The van der Waals surface area contributed by atoms with Gasteiger partial charge in [-0.2, -0.15) is 0 Å². The molecule has 1 nitrogen and oxygen atoms in total. The number of rotatable bonds is 3. The van der Waals surface area contributed by atoms with Gasteiger partial charge in [0.25, 0.3) is 0 Å². The molecule has 112 valence electrons. The Hall–Kier alpha value is -1.26. The highest BCUT2D eigenvalue weighted by Gasteiger charge is 2.29. The maximum absolute atomic E-state index is 14.1. The van der Waals surface area contributed by atoms with Gasteiger partial charge in [-0.05, 0) is 60.0 Å². The van der Waals surface area contributed by atoms with E-state index in [2.05, 4.69) is 15.9 Å². The smallest absolute Gasteiger partial charge is 0.143 e. The first kappa shape index (κ1) is 16.1. The van der Waals surface area contributed by atoms with Crippen LogP contribution < -0.4 is 0 Å². The Bertz CT molecular complexity index is 681. The predicted molar refractivity (Wildman–Crippen MR) is 83.2 cm³/mol. The first-order valence-electron chi connectivity index (χ1n) is 6.65. The van der Waals surface area contributed by atoms with E-state index in [9.17, 15) is 13.9 Å². The Balaban J connectivity index is 2.47. The van der Waals surface area contributed by atoms with Crippen molar-refractivity contribution in [1.82, 2.24) is 0 Å². The van der Waals surface area contributed by atoms with Crippen LogP contribution in [0, 0.1) is 25.5 Å². The van der Waals surface area contributed by atoms with Gasteiger partial charge in [0.15, 0.2) is 0 Å². The third-order valence-corrected chi connectivity index (χ3v) is 4.25. The normalized spacial score (nSPS) is 14.0. The second kappa shape index (κ2) is 5.85. The lowest BCUT2D eigenvalue weighted by atomic mass is 9.85. The minimum absolute atomic E-state index is 0.115. The van der Waals surface area contributed by atoms with Crippen LogP contribution in [-0.4, -0.2) is 5.11 Å². The summed E-state index contributed by atoms with van der Waals surface area (Å²) in [6, 6.07) is 8.20. The Morgan fingerprint density at radius 1 is 1.14 bits per heavy atom. The van der Waals surface area contributed by atoms with Gasteiger partial charge in [-0.25, -0.2) is 8.78 Å². The number of aryl methyl sites for hydroxylation is 2. The van der Waals surface area contributed by atoms with Crippen molar-refractivity contribution in [2.45, 2.75) is 32.8 Å². The Labute approximate surface area is 131 Å². The fourth-order valence-corrected chi connectivity index (χ4v) is 2.86. The zero-order valence-corrected chi connectivity index (χ0v) is 13.8. The minimum atomic E-state index is -1.35. The molecule has 1 unspecified atom stereocenters. The highest BCUT2D eigenvalue weighted by atomic mass is 79.9. The average molecular weight is 355 g/mol. The van der Waals surface area contributed by atoms with E-state index in [-0.39, 0.29) is 16.5 Å². The summed E-state index contributed by atoms with van der Waals surface area (Å²) >= 11 is 3.05. The first-order chi connectivity index (χ1) is 9.72. The lowest BCUT2D eigenvalue weighted by molar-refractivity contribution is 0.0549. The van der Waals surface area contributed by atoms with Crippen LogP contribution in [0.25, 0.3) is 0 Å². The van der Waals surface area contributed by atoms with Gasteiger partial charge in [0.2, 0.25) is 0 Å². The lowest BCUT2D eigenvalue weighted by Gasteiger charge is -2.27. The summed E-state index contributed by atoms with van der Waals surface area (Å²) in [6.45, 7) is 5.37. The van der Waals surface area contributed by atoms with Crippen LogP contribution in [-0.2, 0) is 12.0 Å². The van der Waals surface area contributed by atoms with Gasteiger partial charge in [-0.3, -0.25) is 0 Å². The van der Waals surface area contributed by atoms with Crippen molar-refractivity contribution in [2.24, 2.45) is 0 Å². The Morgan fingerprint density at radius 3 is 2.48 bits per heavy atom.